The minimum absolute atomic E-state index is 0.185. The minimum Gasteiger partial charge on any atom is -0.386 e. The quantitative estimate of drug-likeness (QED) is 0.511. The molecule has 0 radical (unpaired) electrons. The maximum absolute atomic E-state index is 9.58. The second-order valence-corrected chi connectivity index (χ2v) is 4.02. The standard InChI is InChI=1S/C9H15NO3/c1-9(2)12-7-5(10)3-4-6(11)8(7)13-9/h3-8,11H,10H2,1-2H3/t5-,6+,7+,8-/m1/s1. The van der Waals surface area contributed by atoms with Crippen molar-refractivity contribution in [3.63, 3.8) is 0 Å². The molecule has 4 heteroatoms. The van der Waals surface area contributed by atoms with Crippen molar-refractivity contribution < 1.29 is 14.6 Å². The molecule has 0 aromatic carbocycles. The van der Waals surface area contributed by atoms with Crippen molar-refractivity contribution in [2.75, 3.05) is 0 Å². The van der Waals surface area contributed by atoms with Gasteiger partial charge in [0.15, 0.2) is 5.79 Å². The lowest BCUT2D eigenvalue weighted by molar-refractivity contribution is -0.152. The first-order valence-electron chi connectivity index (χ1n) is 4.47. The van der Waals surface area contributed by atoms with Gasteiger partial charge in [0, 0.05) is 0 Å². The lowest BCUT2D eigenvalue weighted by Crippen LogP contribution is -2.48. The van der Waals surface area contributed by atoms with Crippen molar-refractivity contribution in [3.8, 4) is 0 Å². The van der Waals surface area contributed by atoms with Gasteiger partial charge in [0.1, 0.15) is 18.3 Å². The molecule has 2 rings (SSSR count). The zero-order valence-corrected chi connectivity index (χ0v) is 7.81. The van der Waals surface area contributed by atoms with Gasteiger partial charge in [0.05, 0.1) is 6.04 Å². The molecule has 74 valence electrons. The molecule has 3 N–H and O–H groups in total. The lowest BCUT2D eigenvalue weighted by atomic mass is 9.95. The Morgan fingerprint density at radius 3 is 2.46 bits per heavy atom. The Morgan fingerprint density at radius 2 is 1.85 bits per heavy atom. The molecule has 1 aliphatic heterocycles. The number of fused-ring (bicyclic) bond motifs is 1. The summed E-state index contributed by atoms with van der Waals surface area (Å²) >= 11 is 0. The van der Waals surface area contributed by atoms with Crippen LogP contribution in [0.15, 0.2) is 12.2 Å². The van der Waals surface area contributed by atoms with Crippen LogP contribution in [-0.4, -0.2) is 35.2 Å². The van der Waals surface area contributed by atoms with Crippen molar-refractivity contribution >= 4 is 0 Å². The van der Waals surface area contributed by atoms with Gasteiger partial charge in [-0.1, -0.05) is 12.2 Å². The van der Waals surface area contributed by atoms with Gasteiger partial charge in [-0.25, -0.2) is 0 Å². The number of nitrogens with two attached hydrogens (primary N) is 1. The van der Waals surface area contributed by atoms with Gasteiger partial charge in [-0.15, -0.1) is 0 Å². The zero-order chi connectivity index (χ0) is 9.64. The average molecular weight is 185 g/mol. The summed E-state index contributed by atoms with van der Waals surface area (Å²) in [7, 11) is 0. The first-order valence-corrected chi connectivity index (χ1v) is 4.47. The summed E-state index contributed by atoms with van der Waals surface area (Å²) in [5, 5.41) is 9.58. The summed E-state index contributed by atoms with van der Waals surface area (Å²) in [6.07, 6.45) is 2.27. The third-order valence-electron chi connectivity index (χ3n) is 2.41. The fraction of sp³-hybridized carbons (Fsp3) is 0.778. The van der Waals surface area contributed by atoms with Crippen molar-refractivity contribution in [1.82, 2.24) is 0 Å². The fourth-order valence-electron chi connectivity index (χ4n) is 1.84. The highest BCUT2D eigenvalue weighted by molar-refractivity contribution is 5.12. The molecule has 0 aromatic heterocycles. The highest BCUT2D eigenvalue weighted by atomic mass is 16.8. The second-order valence-electron chi connectivity index (χ2n) is 4.02. The first kappa shape index (κ1) is 9.15. The molecule has 1 aliphatic carbocycles. The summed E-state index contributed by atoms with van der Waals surface area (Å²) in [4.78, 5) is 0. The number of rotatable bonds is 0. The predicted octanol–water partition coefficient (Wildman–Crippen LogP) is -0.235. The Morgan fingerprint density at radius 1 is 1.23 bits per heavy atom. The SMILES string of the molecule is CC1(C)O[C@@H]2[C@H](O1)[C@@H](O)C=C[C@H]2N. The van der Waals surface area contributed by atoms with Gasteiger partial charge in [-0.05, 0) is 13.8 Å². The van der Waals surface area contributed by atoms with E-state index in [1.165, 1.54) is 0 Å². The topological polar surface area (TPSA) is 64.7 Å². The van der Waals surface area contributed by atoms with E-state index in [0.29, 0.717) is 0 Å². The molecular weight excluding hydrogens is 170 g/mol. The van der Waals surface area contributed by atoms with Gasteiger partial charge < -0.3 is 20.3 Å². The minimum atomic E-state index is -0.639. The van der Waals surface area contributed by atoms with E-state index in [1.807, 2.05) is 13.8 Å². The maximum Gasteiger partial charge on any atom is 0.164 e. The van der Waals surface area contributed by atoms with Crippen LogP contribution in [0.25, 0.3) is 0 Å². The summed E-state index contributed by atoms with van der Waals surface area (Å²) in [6.45, 7) is 3.65. The first-order chi connectivity index (χ1) is 5.99. The van der Waals surface area contributed by atoms with Crippen LogP contribution in [0.1, 0.15) is 13.8 Å². The van der Waals surface area contributed by atoms with E-state index in [0.717, 1.165) is 0 Å². The Labute approximate surface area is 77.3 Å². The largest absolute Gasteiger partial charge is 0.386 e. The summed E-state index contributed by atoms with van der Waals surface area (Å²) in [6, 6.07) is -0.185. The lowest BCUT2D eigenvalue weighted by Gasteiger charge is -2.27. The van der Waals surface area contributed by atoms with Crippen LogP contribution in [0.5, 0.6) is 0 Å². The summed E-state index contributed by atoms with van der Waals surface area (Å²) < 4.78 is 11.1. The fourth-order valence-corrected chi connectivity index (χ4v) is 1.84. The number of ether oxygens (including phenoxy) is 2. The molecule has 1 saturated heterocycles. The van der Waals surface area contributed by atoms with E-state index in [9.17, 15) is 5.11 Å². The molecule has 13 heavy (non-hydrogen) atoms. The summed E-state index contributed by atoms with van der Waals surface area (Å²) in [5.41, 5.74) is 5.80. The third-order valence-corrected chi connectivity index (χ3v) is 2.41. The Balaban J connectivity index is 2.21. The smallest absolute Gasteiger partial charge is 0.164 e. The van der Waals surface area contributed by atoms with E-state index in [1.54, 1.807) is 12.2 Å². The van der Waals surface area contributed by atoms with Crippen molar-refractivity contribution in [2.24, 2.45) is 5.73 Å². The van der Waals surface area contributed by atoms with Gasteiger partial charge in [0.2, 0.25) is 0 Å². The van der Waals surface area contributed by atoms with Crippen LogP contribution >= 0.6 is 0 Å². The van der Waals surface area contributed by atoms with Gasteiger partial charge in [0.25, 0.3) is 0 Å². The van der Waals surface area contributed by atoms with E-state index in [2.05, 4.69) is 0 Å². The molecule has 1 fully saturated rings. The number of hydrogen-bond donors (Lipinski definition) is 2. The highest BCUT2D eigenvalue weighted by Gasteiger charge is 2.47. The van der Waals surface area contributed by atoms with Crippen LogP contribution < -0.4 is 5.73 Å². The van der Waals surface area contributed by atoms with Crippen LogP contribution in [0, 0.1) is 0 Å². The van der Waals surface area contributed by atoms with Crippen molar-refractivity contribution in [1.29, 1.82) is 0 Å². The normalized spacial score (nSPS) is 47.7. The van der Waals surface area contributed by atoms with Crippen molar-refractivity contribution in [2.45, 2.75) is 44.0 Å². The van der Waals surface area contributed by atoms with E-state index in [4.69, 9.17) is 15.2 Å². The molecule has 4 atom stereocenters. The van der Waals surface area contributed by atoms with Crippen LogP contribution in [0.4, 0.5) is 0 Å². The number of aliphatic hydroxyl groups excluding tert-OH is 1. The monoisotopic (exact) mass is 185 g/mol. The predicted molar refractivity (Wildman–Crippen MR) is 46.9 cm³/mol. The number of hydrogen-bond acceptors (Lipinski definition) is 4. The highest BCUT2D eigenvalue weighted by Crippen LogP contribution is 2.33. The molecule has 0 amide bonds. The molecule has 0 spiro atoms. The van der Waals surface area contributed by atoms with E-state index >= 15 is 0 Å². The summed E-state index contributed by atoms with van der Waals surface area (Å²) in [5.74, 6) is -0.639. The Kier molecular flexibility index (Phi) is 1.96. The van der Waals surface area contributed by atoms with E-state index < -0.39 is 11.9 Å². The molecular formula is C9H15NO3. The van der Waals surface area contributed by atoms with Crippen molar-refractivity contribution in [3.05, 3.63) is 12.2 Å². The maximum atomic E-state index is 9.58. The molecule has 0 saturated carbocycles. The Bertz CT molecular complexity index is 217. The molecule has 4 nitrogen and oxygen atoms in total. The molecule has 1 heterocycles. The average Bonchev–Trinajstić information content (AvgIpc) is 2.35. The molecule has 0 aromatic rings. The molecule has 0 bridgehead atoms. The molecule has 0 unspecified atom stereocenters. The number of aliphatic hydroxyl groups is 1. The van der Waals surface area contributed by atoms with Crippen LogP contribution in [-0.2, 0) is 9.47 Å². The van der Waals surface area contributed by atoms with E-state index in [-0.39, 0.29) is 18.2 Å². The Hall–Kier alpha value is -0.420. The molecule has 2 aliphatic rings. The third kappa shape index (κ3) is 1.50. The van der Waals surface area contributed by atoms with Gasteiger partial charge >= 0.3 is 0 Å². The van der Waals surface area contributed by atoms with Gasteiger partial charge in [-0.2, -0.15) is 0 Å². The zero-order valence-electron chi connectivity index (χ0n) is 7.81. The van der Waals surface area contributed by atoms with Crippen LogP contribution in [0.2, 0.25) is 0 Å². The van der Waals surface area contributed by atoms with Crippen LogP contribution in [0.3, 0.4) is 0 Å². The second kappa shape index (κ2) is 2.78. The van der Waals surface area contributed by atoms with Gasteiger partial charge in [-0.3, -0.25) is 0 Å².